The molecule has 0 radical (unpaired) electrons. The summed E-state index contributed by atoms with van der Waals surface area (Å²) in [6.45, 7) is 2.06. The Morgan fingerprint density at radius 3 is 2.38 bits per heavy atom. The zero-order valence-electron chi connectivity index (χ0n) is 12.5. The van der Waals surface area contributed by atoms with E-state index in [2.05, 4.69) is 31.2 Å². The van der Waals surface area contributed by atoms with Crippen molar-refractivity contribution >= 4 is 18.1 Å². The largest absolute Gasteiger partial charge is 0.277 e. The summed E-state index contributed by atoms with van der Waals surface area (Å²) in [6.07, 6.45) is 4.03. The number of carbonyl (C=O) groups is 1. The van der Waals surface area contributed by atoms with Gasteiger partial charge >= 0.3 is 0 Å². The number of carbonyl (C=O) groups excluding carboxylic acids is 1. The topological polar surface area (TPSA) is 29.5 Å². The second-order valence-electron chi connectivity index (χ2n) is 4.85. The third kappa shape index (κ3) is 4.04. The summed E-state index contributed by atoms with van der Waals surface area (Å²) in [5.41, 5.74) is 3.95. The quantitative estimate of drug-likeness (QED) is 0.630. The van der Waals surface area contributed by atoms with Crippen LogP contribution in [0.1, 0.15) is 27.0 Å². The van der Waals surface area contributed by atoms with Crippen LogP contribution in [0.3, 0.4) is 0 Å². The molecule has 3 nitrogen and oxygen atoms in total. The highest BCUT2D eigenvalue weighted by Gasteiger charge is 2.10. The summed E-state index contributed by atoms with van der Waals surface area (Å²) in [5, 5.41) is 1.21. The minimum absolute atomic E-state index is 0.164. The maximum Gasteiger partial charge on any atom is 0.277 e. The van der Waals surface area contributed by atoms with Crippen molar-refractivity contribution < 1.29 is 9.63 Å². The van der Waals surface area contributed by atoms with Gasteiger partial charge in [0.25, 0.3) is 5.91 Å². The third-order valence-electron chi connectivity index (χ3n) is 3.24. The van der Waals surface area contributed by atoms with Gasteiger partial charge in [-0.05, 0) is 30.2 Å². The fourth-order valence-electron chi connectivity index (χ4n) is 1.91. The molecule has 1 amide bonds. The monoisotopic (exact) mass is 281 g/mol. The molecule has 0 aliphatic carbocycles. The van der Waals surface area contributed by atoms with Crippen molar-refractivity contribution in [1.82, 2.24) is 5.06 Å². The maximum absolute atomic E-state index is 12.0. The zero-order valence-corrected chi connectivity index (χ0v) is 12.5. The van der Waals surface area contributed by atoms with Crippen LogP contribution >= 0.6 is 0 Å². The van der Waals surface area contributed by atoms with Crippen LogP contribution in [0.4, 0.5) is 0 Å². The summed E-state index contributed by atoms with van der Waals surface area (Å²) in [7, 11) is 3.07. The number of hydrogen-bond donors (Lipinski definition) is 0. The van der Waals surface area contributed by atoms with Crippen LogP contribution in [0.25, 0.3) is 12.2 Å². The summed E-state index contributed by atoms with van der Waals surface area (Å²) in [6, 6.07) is 15.8. The van der Waals surface area contributed by atoms with Gasteiger partial charge in [0.2, 0.25) is 0 Å². The molecular formula is C18H19NO2. The molecule has 0 bridgehead atoms. The Labute approximate surface area is 125 Å². The van der Waals surface area contributed by atoms with Crippen LogP contribution in [-0.2, 0) is 4.84 Å². The Hall–Kier alpha value is -2.39. The standard InChI is InChI=1S/C18H19NO2/c1-14-7-9-15(10-8-14)11-12-16-5-4-6-17(13-16)18(20)19(2)21-3/h4-13H,1-3H3/b12-11+. The molecule has 0 spiro atoms. The van der Waals surface area contributed by atoms with E-state index < -0.39 is 0 Å². The van der Waals surface area contributed by atoms with Crippen LogP contribution in [0, 0.1) is 6.92 Å². The van der Waals surface area contributed by atoms with Crippen LogP contribution in [0.15, 0.2) is 48.5 Å². The Kier molecular flexibility index (Phi) is 4.90. The number of hydrogen-bond acceptors (Lipinski definition) is 2. The molecule has 2 aromatic rings. The van der Waals surface area contributed by atoms with Crippen LogP contribution in [-0.4, -0.2) is 25.1 Å². The zero-order chi connectivity index (χ0) is 15.2. The van der Waals surface area contributed by atoms with Crippen LogP contribution < -0.4 is 0 Å². The molecule has 0 heterocycles. The number of hydroxylamine groups is 2. The Balaban J connectivity index is 2.17. The molecule has 2 rings (SSSR count). The molecule has 2 aromatic carbocycles. The molecule has 0 atom stereocenters. The minimum atomic E-state index is -0.164. The van der Waals surface area contributed by atoms with E-state index in [-0.39, 0.29) is 5.91 Å². The summed E-state index contributed by atoms with van der Waals surface area (Å²) < 4.78 is 0. The van der Waals surface area contributed by atoms with Crippen LogP contribution in [0.5, 0.6) is 0 Å². The molecule has 0 unspecified atom stereocenters. The van der Waals surface area contributed by atoms with Crippen molar-refractivity contribution in [2.75, 3.05) is 14.2 Å². The van der Waals surface area contributed by atoms with Crippen molar-refractivity contribution in [2.24, 2.45) is 0 Å². The summed E-state index contributed by atoms with van der Waals surface area (Å²) in [4.78, 5) is 16.9. The van der Waals surface area contributed by atoms with Gasteiger partial charge in [-0.1, -0.05) is 54.1 Å². The Morgan fingerprint density at radius 2 is 1.71 bits per heavy atom. The lowest BCUT2D eigenvalue weighted by Gasteiger charge is -2.13. The predicted octanol–water partition coefficient (Wildman–Crippen LogP) is 3.80. The molecule has 0 aliphatic heterocycles. The first kappa shape index (κ1) is 15.0. The first-order valence-corrected chi connectivity index (χ1v) is 6.77. The van der Waals surface area contributed by atoms with E-state index >= 15 is 0 Å². The Morgan fingerprint density at radius 1 is 1.05 bits per heavy atom. The van der Waals surface area contributed by atoms with E-state index in [0.29, 0.717) is 5.56 Å². The maximum atomic E-state index is 12.0. The Bertz CT molecular complexity index is 645. The van der Waals surface area contributed by atoms with Crippen molar-refractivity contribution in [3.05, 3.63) is 70.8 Å². The van der Waals surface area contributed by atoms with Crippen molar-refractivity contribution in [2.45, 2.75) is 6.92 Å². The molecule has 0 saturated carbocycles. The lowest BCUT2D eigenvalue weighted by Crippen LogP contribution is -2.25. The molecule has 108 valence electrons. The van der Waals surface area contributed by atoms with Gasteiger partial charge in [0.05, 0.1) is 7.11 Å². The lowest BCUT2D eigenvalue weighted by molar-refractivity contribution is -0.0757. The predicted molar refractivity (Wildman–Crippen MR) is 85.7 cm³/mol. The fourth-order valence-corrected chi connectivity index (χ4v) is 1.91. The van der Waals surface area contributed by atoms with Crippen molar-refractivity contribution in [3.8, 4) is 0 Å². The number of benzene rings is 2. The van der Waals surface area contributed by atoms with E-state index in [4.69, 9.17) is 4.84 Å². The number of aryl methyl sites for hydroxylation is 1. The number of amides is 1. The van der Waals surface area contributed by atoms with E-state index in [9.17, 15) is 4.79 Å². The van der Waals surface area contributed by atoms with E-state index in [1.54, 1.807) is 13.1 Å². The highest BCUT2D eigenvalue weighted by Crippen LogP contribution is 2.12. The summed E-state index contributed by atoms with van der Waals surface area (Å²) >= 11 is 0. The number of rotatable bonds is 4. The van der Waals surface area contributed by atoms with E-state index in [1.807, 2.05) is 30.4 Å². The first-order valence-electron chi connectivity index (χ1n) is 6.77. The smallest absolute Gasteiger partial charge is 0.274 e. The fraction of sp³-hybridized carbons (Fsp3) is 0.167. The molecule has 0 fully saturated rings. The molecule has 21 heavy (non-hydrogen) atoms. The lowest BCUT2D eigenvalue weighted by atomic mass is 10.1. The van der Waals surface area contributed by atoms with Gasteiger partial charge in [-0.25, -0.2) is 5.06 Å². The average Bonchev–Trinajstić information content (AvgIpc) is 2.53. The molecule has 0 aromatic heterocycles. The highest BCUT2D eigenvalue weighted by molar-refractivity contribution is 5.94. The van der Waals surface area contributed by atoms with E-state index in [0.717, 1.165) is 11.1 Å². The van der Waals surface area contributed by atoms with Gasteiger partial charge in [0.1, 0.15) is 0 Å². The third-order valence-corrected chi connectivity index (χ3v) is 3.24. The SMILES string of the molecule is CON(C)C(=O)c1cccc(/C=C/c2ccc(C)cc2)c1. The van der Waals surface area contributed by atoms with Gasteiger partial charge in [-0.3, -0.25) is 9.63 Å². The van der Waals surface area contributed by atoms with Gasteiger partial charge in [0.15, 0.2) is 0 Å². The minimum Gasteiger partial charge on any atom is -0.274 e. The summed E-state index contributed by atoms with van der Waals surface area (Å²) in [5.74, 6) is -0.164. The average molecular weight is 281 g/mol. The van der Waals surface area contributed by atoms with Gasteiger partial charge in [-0.15, -0.1) is 0 Å². The molecule has 0 saturated heterocycles. The molecular weight excluding hydrogens is 262 g/mol. The van der Waals surface area contributed by atoms with E-state index in [1.165, 1.54) is 17.7 Å². The van der Waals surface area contributed by atoms with Gasteiger partial charge in [-0.2, -0.15) is 0 Å². The first-order chi connectivity index (χ1) is 10.1. The normalized spacial score (nSPS) is 10.8. The highest BCUT2D eigenvalue weighted by atomic mass is 16.7. The second kappa shape index (κ2) is 6.86. The van der Waals surface area contributed by atoms with Crippen molar-refractivity contribution in [3.63, 3.8) is 0 Å². The van der Waals surface area contributed by atoms with Crippen LogP contribution in [0.2, 0.25) is 0 Å². The molecule has 3 heteroatoms. The second-order valence-corrected chi connectivity index (χ2v) is 4.85. The van der Waals surface area contributed by atoms with Gasteiger partial charge < -0.3 is 0 Å². The van der Waals surface area contributed by atoms with Gasteiger partial charge in [0, 0.05) is 12.6 Å². The molecule has 0 aliphatic rings. The number of nitrogens with zero attached hydrogens (tertiary/aromatic N) is 1. The molecule has 0 N–H and O–H groups in total. The van der Waals surface area contributed by atoms with Crippen molar-refractivity contribution in [1.29, 1.82) is 0 Å².